The average molecular weight is 696 g/mol. The van der Waals surface area contributed by atoms with Gasteiger partial charge in [0.1, 0.15) is 24.1 Å². The number of anilines is 2. The summed E-state index contributed by atoms with van der Waals surface area (Å²) in [5.41, 5.74) is -0.935. The van der Waals surface area contributed by atoms with Gasteiger partial charge in [-0.2, -0.15) is 41.4 Å². The lowest BCUT2D eigenvalue weighted by molar-refractivity contribution is -0.139. The number of ether oxygens (including phenoxy) is 2. The van der Waals surface area contributed by atoms with E-state index < -0.39 is 41.0 Å². The van der Waals surface area contributed by atoms with Crippen LogP contribution in [-0.4, -0.2) is 66.9 Å². The van der Waals surface area contributed by atoms with Crippen LogP contribution >= 0.6 is 0 Å². The fourth-order valence-corrected chi connectivity index (χ4v) is 5.68. The number of benzene rings is 1. The number of alkyl halides is 6. The summed E-state index contributed by atoms with van der Waals surface area (Å²) >= 11 is 0. The van der Waals surface area contributed by atoms with Crippen molar-refractivity contribution < 1.29 is 40.3 Å². The molecule has 5 unspecified atom stereocenters. The molecule has 2 aliphatic rings. The van der Waals surface area contributed by atoms with Crippen molar-refractivity contribution in [2.24, 2.45) is 0 Å². The molecule has 49 heavy (non-hydrogen) atoms. The molecule has 19 heteroatoms. The van der Waals surface area contributed by atoms with Crippen molar-refractivity contribution in [2.75, 3.05) is 24.0 Å². The van der Waals surface area contributed by atoms with Crippen LogP contribution in [0, 0.1) is 0 Å². The van der Waals surface area contributed by atoms with Crippen molar-refractivity contribution in [1.29, 1.82) is 0 Å². The van der Waals surface area contributed by atoms with Crippen LogP contribution in [0.5, 0.6) is 5.75 Å². The zero-order valence-corrected chi connectivity index (χ0v) is 26.4. The smallest absolute Gasteiger partial charge is 0.423 e. The summed E-state index contributed by atoms with van der Waals surface area (Å²) < 4.78 is 97.9. The minimum atomic E-state index is -4.96. The Morgan fingerprint density at radius 1 is 1.02 bits per heavy atom. The Morgan fingerprint density at radius 3 is 2.37 bits per heavy atom. The number of hydrazine groups is 1. The Morgan fingerprint density at radius 2 is 1.73 bits per heavy atom. The monoisotopic (exact) mass is 695 g/mol. The van der Waals surface area contributed by atoms with Gasteiger partial charge in [-0.05, 0) is 44.4 Å². The zero-order valence-electron chi connectivity index (χ0n) is 26.4. The first-order valence-corrected chi connectivity index (χ1v) is 15.2. The maximum atomic E-state index is 14.1. The summed E-state index contributed by atoms with van der Waals surface area (Å²) in [7, 11) is 1.48. The molecule has 262 valence electrons. The molecule has 1 N–H and O–H groups in total. The normalized spacial score (nSPS) is 22.6. The second-order valence-corrected chi connectivity index (χ2v) is 11.8. The molecule has 4 aromatic rings. The minimum Gasteiger partial charge on any atom is -0.497 e. The number of methoxy groups -OCH3 is 1. The van der Waals surface area contributed by atoms with E-state index in [0.717, 1.165) is 23.3 Å². The van der Waals surface area contributed by atoms with E-state index in [2.05, 4.69) is 30.6 Å². The van der Waals surface area contributed by atoms with Gasteiger partial charge in [-0.15, -0.1) is 0 Å². The topological polar surface area (TPSA) is 136 Å². The quantitative estimate of drug-likeness (QED) is 0.179. The highest BCUT2D eigenvalue weighted by atomic mass is 19.4. The highest BCUT2D eigenvalue weighted by Crippen LogP contribution is 2.37. The number of hydrogen-bond donors (Lipinski definition) is 1. The number of nitrogens with zero attached hydrogens (tertiary/aromatic N) is 8. The maximum absolute atomic E-state index is 14.1. The predicted octanol–water partition coefficient (Wildman–Crippen LogP) is 4.86. The lowest BCUT2D eigenvalue weighted by Crippen LogP contribution is -2.41. The molecule has 0 saturated carbocycles. The Bertz CT molecular complexity index is 1810. The van der Waals surface area contributed by atoms with Gasteiger partial charge < -0.3 is 24.3 Å². The second kappa shape index (κ2) is 13.3. The van der Waals surface area contributed by atoms with Gasteiger partial charge >= 0.3 is 12.4 Å². The SMILES string of the molecule is COc1ccc(Cn2ncc(NN3C(C)C3OCc3nc(C4CCN(c5ncc(C(F)(F)F)cn5)C(C)C4)no3)c(C(F)(F)F)c2=O)cc1. The Labute approximate surface area is 274 Å². The highest BCUT2D eigenvalue weighted by molar-refractivity contribution is 5.49. The van der Waals surface area contributed by atoms with E-state index in [9.17, 15) is 31.1 Å². The fraction of sp³-hybridized carbons (Fsp3) is 0.467. The van der Waals surface area contributed by atoms with Crippen molar-refractivity contribution in [1.82, 2.24) is 34.9 Å². The molecule has 2 fully saturated rings. The molecule has 0 bridgehead atoms. The van der Waals surface area contributed by atoms with Gasteiger partial charge in [0.2, 0.25) is 5.95 Å². The largest absolute Gasteiger partial charge is 0.497 e. The summed E-state index contributed by atoms with van der Waals surface area (Å²) in [4.78, 5) is 26.9. The van der Waals surface area contributed by atoms with Gasteiger partial charge in [0.25, 0.3) is 11.4 Å². The van der Waals surface area contributed by atoms with Gasteiger partial charge in [-0.25, -0.2) is 14.6 Å². The molecule has 13 nitrogen and oxygen atoms in total. The third-order valence-corrected chi connectivity index (χ3v) is 8.43. The van der Waals surface area contributed by atoms with Crippen LogP contribution in [0.1, 0.15) is 61.0 Å². The van der Waals surface area contributed by atoms with Crippen LogP contribution in [0.15, 0.2) is 52.2 Å². The van der Waals surface area contributed by atoms with Gasteiger partial charge in [-0.1, -0.05) is 17.3 Å². The first-order valence-electron chi connectivity index (χ1n) is 15.2. The lowest BCUT2D eigenvalue weighted by atomic mass is 9.91. The van der Waals surface area contributed by atoms with E-state index >= 15 is 0 Å². The van der Waals surface area contributed by atoms with Gasteiger partial charge in [0.15, 0.2) is 5.82 Å². The van der Waals surface area contributed by atoms with Crippen LogP contribution in [0.25, 0.3) is 0 Å². The van der Waals surface area contributed by atoms with E-state index in [1.807, 2.05) is 11.8 Å². The number of halogens is 6. The van der Waals surface area contributed by atoms with Crippen molar-refractivity contribution in [3.05, 3.63) is 81.6 Å². The summed E-state index contributed by atoms with van der Waals surface area (Å²) in [6, 6.07) is 6.04. The predicted molar refractivity (Wildman–Crippen MR) is 159 cm³/mol. The standard InChI is InChI=1S/C30H31F6N9O4/c1-16-10-19(8-9-43(16)28-37-11-20(12-38-28)29(31,32)33)25-40-23(49-42-25)15-48-27-17(2)45(27)41-22-13-39-44(26(46)24(22)30(34,35)36)14-18-4-6-21(47-3)7-5-18/h4-7,11-13,16-17,19,27,41H,8-10,14-15H2,1-3H3. The third-order valence-electron chi connectivity index (χ3n) is 8.43. The van der Waals surface area contributed by atoms with Gasteiger partial charge in [-0.3, -0.25) is 4.79 Å². The Kier molecular flexibility index (Phi) is 9.23. The minimum absolute atomic E-state index is 0.101. The van der Waals surface area contributed by atoms with E-state index in [4.69, 9.17) is 14.0 Å². The number of aromatic nitrogens is 6. The second-order valence-electron chi connectivity index (χ2n) is 11.8. The zero-order chi connectivity index (χ0) is 35.1. The summed E-state index contributed by atoms with van der Waals surface area (Å²) in [6.07, 6.45) is -6.53. The first-order chi connectivity index (χ1) is 23.2. The van der Waals surface area contributed by atoms with E-state index in [0.29, 0.717) is 36.5 Å². The van der Waals surface area contributed by atoms with Crippen LogP contribution in [0.4, 0.5) is 38.0 Å². The molecular weight excluding hydrogens is 664 g/mol. The van der Waals surface area contributed by atoms with Crippen LogP contribution in [0.3, 0.4) is 0 Å². The third kappa shape index (κ3) is 7.46. The highest BCUT2D eigenvalue weighted by Gasteiger charge is 2.48. The van der Waals surface area contributed by atoms with Crippen LogP contribution < -0.4 is 20.6 Å². The Hall–Kier alpha value is -4.78. The summed E-state index contributed by atoms with van der Waals surface area (Å²) in [5, 5.41) is 9.42. The summed E-state index contributed by atoms with van der Waals surface area (Å²) in [6.45, 7) is 3.78. The molecule has 0 aliphatic carbocycles. The molecule has 1 aromatic carbocycles. The summed E-state index contributed by atoms with van der Waals surface area (Å²) in [5.74, 6) is 1.26. The fourth-order valence-electron chi connectivity index (χ4n) is 5.68. The van der Waals surface area contributed by atoms with E-state index in [1.165, 1.54) is 12.1 Å². The molecule has 0 amide bonds. The van der Waals surface area contributed by atoms with E-state index in [-0.39, 0.29) is 43.0 Å². The number of hydrogen-bond acceptors (Lipinski definition) is 12. The van der Waals surface area contributed by atoms with Crippen LogP contribution in [-0.2, 0) is 30.2 Å². The molecular formula is C30H31F6N9O4. The van der Waals surface area contributed by atoms with Gasteiger partial charge in [0, 0.05) is 30.9 Å². The van der Waals surface area contributed by atoms with Gasteiger partial charge in [0.05, 0.1) is 37.1 Å². The van der Waals surface area contributed by atoms with Crippen molar-refractivity contribution >= 4 is 11.6 Å². The first kappa shape index (κ1) is 34.1. The van der Waals surface area contributed by atoms with Crippen LogP contribution in [0.2, 0.25) is 0 Å². The number of nitrogens with one attached hydrogen (secondary N) is 1. The van der Waals surface area contributed by atoms with Crippen molar-refractivity contribution in [2.45, 2.75) is 76.4 Å². The van der Waals surface area contributed by atoms with Crippen molar-refractivity contribution in [3.63, 3.8) is 0 Å². The Balaban J connectivity index is 1.04. The van der Waals surface area contributed by atoms with Crippen molar-refractivity contribution in [3.8, 4) is 5.75 Å². The molecule has 5 heterocycles. The number of rotatable bonds is 10. The van der Waals surface area contributed by atoms with E-state index in [1.54, 1.807) is 31.2 Å². The maximum Gasteiger partial charge on any atom is 0.423 e. The lowest BCUT2D eigenvalue weighted by Gasteiger charge is -2.36. The molecule has 2 saturated heterocycles. The molecule has 5 atom stereocenters. The number of piperidine rings is 1. The molecule has 2 aliphatic heterocycles. The molecule has 0 radical (unpaired) electrons. The molecule has 0 spiro atoms. The average Bonchev–Trinajstić information content (AvgIpc) is 3.41. The molecule has 6 rings (SSSR count). The molecule has 3 aromatic heterocycles.